The summed E-state index contributed by atoms with van der Waals surface area (Å²) in [6.07, 6.45) is 0. The Kier molecular flexibility index (Phi) is 8.36. The highest BCUT2D eigenvalue weighted by Crippen LogP contribution is 2.43. The molecular weight excluding hydrogens is 556 g/mol. The fourth-order valence-electron chi connectivity index (χ4n) is 4.38. The maximum atomic E-state index is 13.3. The zero-order chi connectivity index (χ0) is 29.6. The first-order chi connectivity index (χ1) is 20.5. The summed E-state index contributed by atoms with van der Waals surface area (Å²) in [6.45, 7) is 0. The number of para-hydroxylation sites is 1. The predicted molar refractivity (Wildman–Crippen MR) is 152 cm³/mol. The second-order valence-electron chi connectivity index (χ2n) is 8.80. The Morgan fingerprint density at radius 2 is 1.60 bits per heavy atom. The molecule has 0 fully saturated rings. The van der Waals surface area contributed by atoms with Gasteiger partial charge in [-0.3, -0.25) is 4.79 Å². The molecule has 10 nitrogen and oxygen atoms in total. The highest BCUT2D eigenvalue weighted by molar-refractivity contribution is 8.00. The van der Waals surface area contributed by atoms with Crippen molar-refractivity contribution >= 4 is 17.5 Å². The average molecular weight is 581 g/mol. The topological polar surface area (TPSA) is 134 Å². The number of rotatable bonds is 10. The number of pyridine rings is 1. The SMILES string of the molecule is COc1cc(-c2cc(-c3ccccc3)nc(SCC(=O)c3c([O-])on[n+]3-c3ccccc3)c2C#N)cc(OC)c1OC. The van der Waals surface area contributed by atoms with Crippen LogP contribution in [-0.2, 0) is 0 Å². The number of carbonyl (C=O) groups excluding carboxylic acids is 1. The van der Waals surface area contributed by atoms with E-state index in [2.05, 4.69) is 11.3 Å². The van der Waals surface area contributed by atoms with Crippen molar-refractivity contribution in [2.24, 2.45) is 0 Å². The van der Waals surface area contributed by atoms with Crippen LogP contribution in [0.4, 0.5) is 0 Å². The van der Waals surface area contributed by atoms with E-state index in [1.807, 2.05) is 30.3 Å². The Morgan fingerprint density at radius 3 is 2.19 bits per heavy atom. The quantitative estimate of drug-likeness (QED) is 0.131. The highest BCUT2D eigenvalue weighted by Gasteiger charge is 2.28. The van der Waals surface area contributed by atoms with Crippen molar-refractivity contribution in [1.82, 2.24) is 10.3 Å². The number of Topliss-reactive ketones (excluding diaryl/α,β-unsaturated/α-hetero) is 1. The van der Waals surface area contributed by atoms with Gasteiger partial charge in [-0.1, -0.05) is 60.3 Å². The van der Waals surface area contributed by atoms with E-state index in [1.54, 1.807) is 48.5 Å². The van der Waals surface area contributed by atoms with Crippen molar-refractivity contribution in [3.63, 3.8) is 0 Å². The van der Waals surface area contributed by atoms with Crippen molar-refractivity contribution in [2.45, 2.75) is 5.03 Å². The van der Waals surface area contributed by atoms with Crippen LogP contribution in [0.15, 0.2) is 88.4 Å². The van der Waals surface area contributed by atoms with Gasteiger partial charge in [0.2, 0.25) is 17.2 Å². The first-order valence-corrected chi connectivity index (χ1v) is 13.6. The first-order valence-electron chi connectivity index (χ1n) is 12.6. The molecule has 0 N–H and O–H groups in total. The first kappa shape index (κ1) is 28.2. The molecule has 0 unspecified atom stereocenters. The lowest BCUT2D eigenvalue weighted by Gasteiger charge is -2.16. The predicted octanol–water partition coefficient (Wildman–Crippen LogP) is 4.63. The summed E-state index contributed by atoms with van der Waals surface area (Å²) < 4.78 is 22.5. The summed E-state index contributed by atoms with van der Waals surface area (Å²) in [6, 6.07) is 25.7. The standard InChI is InChI=1S/C31H24N4O6S/c1-38-26-14-20(15-27(39-2)29(26)40-3)22-16-24(19-10-6-4-7-11-19)33-30(23(22)17-32)42-18-25(36)28-31(37)41-34-35(28)21-12-8-5-9-13-21/h4-16H,18H2,1-3H3. The van der Waals surface area contributed by atoms with Crippen LogP contribution in [0.25, 0.3) is 28.1 Å². The molecule has 5 rings (SSSR count). The number of benzene rings is 3. The molecule has 11 heteroatoms. The Hall–Kier alpha value is -5.34. The van der Waals surface area contributed by atoms with Gasteiger partial charge in [-0.25, -0.2) is 4.98 Å². The molecule has 0 bridgehead atoms. The van der Waals surface area contributed by atoms with E-state index in [-0.39, 0.29) is 17.0 Å². The lowest BCUT2D eigenvalue weighted by atomic mass is 9.98. The third kappa shape index (κ3) is 5.48. The molecule has 2 aromatic heterocycles. The largest absolute Gasteiger partial charge is 0.539 e. The average Bonchev–Trinajstić information content (AvgIpc) is 3.44. The zero-order valence-corrected chi connectivity index (χ0v) is 23.7. The van der Waals surface area contributed by atoms with Crippen molar-refractivity contribution < 1.29 is 33.3 Å². The van der Waals surface area contributed by atoms with Gasteiger partial charge >= 0.3 is 5.69 Å². The minimum absolute atomic E-state index is 0.197. The van der Waals surface area contributed by atoms with Gasteiger partial charge in [0, 0.05) is 23.3 Å². The Morgan fingerprint density at radius 1 is 0.952 bits per heavy atom. The van der Waals surface area contributed by atoms with E-state index < -0.39 is 11.7 Å². The minimum Gasteiger partial charge on any atom is -0.539 e. The van der Waals surface area contributed by atoms with Crippen LogP contribution < -0.4 is 24.0 Å². The third-order valence-electron chi connectivity index (χ3n) is 6.36. The van der Waals surface area contributed by atoms with Crippen LogP contribution in [0, 0.1) is 11.3 Å². The number of carbonyl (C=O) groups is 1. The van der Waals surface area contributed by atoms with E-state index in [4.69, 9.17) is 23.7 Å². The van der Waals surface area contributed by atoms with Crippen LogP contribution in [0.2, 0.25) is 0 Å². The van der Waals surface area contributed by atoms with Crippen molar-refractivity contribution in [3.8, 4) is 57.3 Å². The minimum atomic E-state index is -0.853. The number of nitriles is 1. The monoisotopic (exact) mass is 580 g/mol. The summed E-state index contributed by atoms with van der Waals surface area (Å²) in [5.41, 5.74) is 3.09. The van der Waals surface area contributed by atoms with Gasteiger partial charge in [0.15, 0.2) is 17.4 Å². The number of ketones is 1. The molecule has 0 radical (unpaired) electrons. The van der Waals surface area contributed by atoms with Gasteiger partial charge in [-0.2, -0.15) is 5.26 Å². The number of nitrogens with zero attached hydrogens (tertiary/aromatic N) is 4. The molecule has 42 heavy (non-hydrogen) atoms. The van der Waals surface area contributed by atoms with E-state index >= 15 is 0 Å². The summed E-state index contributed by atoms with van der Waals surface area (Å²) in [5, 5.41) is 26.8. The summed E-state index contributed by atoms with van der Waals surface area (Å²) in [7, 11) is 4.53. The number of aromatic nitrogens is 3. The fourth-order valence-corrected chi connectivity index (χ4v) is 5.25. The Balaban J connectivity index is 1.60. The lowest BCUT2D eigenvalue weighted by Crippen LogP contribution is -2.39. The molecule has 0 aliphatic carbocycles. The molecule has 0 atom stereocenters. The number of thioether (sulfide) groups is 1. The molecule has 0 amide bonds. The second kappa shape index (κ2) is 12.4. The molecule has 2 heterocycles. The van der Waals surface area contributed by atoms with Crippen LogP contribution >= 0.6 is 11.8 Å². The van der Waals surface area contributed by atoms with Gasteiger partial charge in [0.05, 0.1) is 43.6 Å². The molecule has 0 saturated heterocycles. The molecule has 3 aromatic carbocycles. The molecule has 0 aliphatic rings. The van der Waals surface area contributed by atoms with Crippen LogP contribution in [0.5, 0.6) is 23.2 Å². The van der Waals surface area contributed by atoms with E-state index in [0.717, 1.165) is 17.3 Å². The van der Waals surface area contributed by atoms with Gasteiger partial charge < -0.3 is 23.8 Å². The van der Waals surface area contributed by atoms with E-state index in [1.165, 1.54) is 26.0 Å². The Bertz CT molecular complexity index is 1760. The molecule has 0 aliphatic heterocycles. The number of hydrogen-bond donors (Lipinski definition) is 0. The van der Waals surface area contributed by atoms with E-state index in [9.17, 15) is 15.2 Å². The number of methoxy groups -OCH3 is 3. The zero-order valence-electron chi connectivity index (χ0n) is 22.9. The summed E-state index contributed by atoms with van der Waals surface area (Å²) in [4.78, 5) is 18.1. The fraction of sp³-hybridized carbons (Fsp3) is 0.129. The summed E-state index contributed by atoms with van der Waals surface area (Å²) >= 11 is 1.04. The van der Waals surface area contributed by atoms with Crippen LogP contribution in [-0.4, -0.2) is 43.1 Å². The maximum absolute atomic E-state index is 13.3. The number of hydrogen-bond acceptors (Lipinski definition) is 10. The van der Waals surface area contributed by atoms with Gasteiger partial charge in [0.25, 0.3) is 0 Å². The van der Waals surface area contributed by atoms with Gasteiger partial charge in [-0.05, 0) is 28.4 Å². The van der Waals surface area contributed by atoms with Crippen LogP contribution in [0.3, 0.4) is 0 Å². The normalized spacial score (nSPS) is 10.6. The van der Waals surface area contributed by atoms with Crippen LogP contribution in [0.1, 0.15) is 16.1 Å². The van der Waals surface area contributed by atoms with Gasteiger partial charge in [0.1, 0.15) is 11.1 Å². The molecule has 0 spiro atoms. The molecule has 5 aromatic rings. The second-order valence-corrected chi connectivity index (χ2v) is 9.76. The van der Waals surface area contributed by atoms with Gasteiger partial charge in [-0.15, -0.1) is 0 Å². The van der Waals surface area contributed by atoms with Crippen molar-refractivity contribution in [2.75, 3.05) is 27.1 Å². The lowest BCUT2D eigenvalue weighted by molar-refractivity contribution is -0.672. The van der Waals surface area contributed by atoms with Crippen molar-refractivity contribution in [1.29, 1.82) is 5.26 Å². The molecule has 0 saturated carbocycles. The summed E-state index contributed by atoms with van der Waals surface area (Å²) in [5.74, 6) is -0.334. The van der Waals surface area contributed by atoms with E-state index in [0.29, 0.717) is 44.8 Å². The number of ether oxygens (including phenoxy) is 3. The van der Waals surface area contributed by atoms with Crippen molar-refractivity contribution in [3.05, 3.63) is 90.1 Å². The Labute approximate surface area is 245 Å². The maximum Gasteiger partial charge on any atom is 0.307 e. The third-order valence-corrected chi connectivity index (χ3v) is 7.33. The highest BCUT2D eigenvalue weighted by atomic mass is 32.2. The molecular formula is C31H24N4O6S. The molecule has 210 valence electrons. The smallest absolute Gasteiger partial charge is 0.307 e.